The highest BCUT2D eigenvalue weighted by Gasteiger charge is 2.17. The number of hydrogen-bond donors (Lipinski definition) is 0. The highest BCUT2D eigenvalue weighted by atomic mass is 16.5. The Balaban J connectivity index is 1.85. The van der Waals surface area contributed by atoms with E-state index >= 15 is 0 Å². The second kappa shape index (κ2) is 14.8. The minimum absolute atomic E-state index is 0.0291. The van der Waals surface area contributed by atoms with E-state index in [1.807, 2.05) is 0 Å². The van der Waals surface area contributed by atoms with Crippen molar-refractivity contribution in [1.82, 2.24) is 0 Å². The lowest BCUT2D eigenvalue weighted by molar-refractivity contribution is -0.148. The van der Waals surface area contributed by atoms with Crippen LogP contribution in [0.3, 0.4) is 0 Å². The number of unbranched alkanes of at least 4 members (excludes halogenated alkanes) is 9. The summed E-state index contributed by atoms with van der Waals surface area (Å²) >= 11 is 0. The Morgan fingerprint density at radius 1 is 0.917 bits per heavy atom. The summed E-state index contributed by atoms with van der Waals surface area (Å²) in [6.45, 7) is 4.33. The van der Waals surface area contributed by atoms with Gasteiger partial charge in [-0.3, -0.25) is 4.79 Å². The first-order chi connectivity index (χ1) is 11.7. The number of esters is 1. The van der Waals surface area contributed by atoms with Crippen LogP contribution in [0.4, 0.5) is 0 Å². The lowest BCUT2D eigenvalue weighted by atomic mass is 10.0. The quantitative estimate of drug-likeness (QED) is 0.233. The SMILES string of the molecule is CCCCCCCCCCCCC(C)OC(=O)CCC1CCCC1. The molecule has 0 aliphatic heterocycles. The zero-order chi connectivity index (χ0) is 17.5. The third-order valence-electron chi connectivity index (χ3n) is 5.53. The van der Waals surface area contributed by atoms with Crippen molar-refractivity contribution < 1.29 is 9.53 Å². The summed E-state index contributed by atoms with van der Waals surface area (Å²) in [6.07, 6.45) is 21.8. The molecule has 1 aliphatic carbocycles. The Morgan fingerprint density at radius 2 is 1.46 bits per heavy atom. The summed E-state index contributed by atoms with van der Waals surface area (Å²) in [5, 5.41) is 0. The maximum atomic E-state index is 11.9. The number of carbonyl (C=O) groups is 1. The molecule has 1 aliphatic rings. The molecule has 2 nitrogen and oxygen atoms in total. The maximum absolute atomic E-state index is 11.9. The molecule has 0 aromatic rings. The molecule has 0 saturated heterocycles. The van der Waals surface area contributed by atoms with Crippen molar-refractivity contribution in [2.75, 3.05) is 0 Å². The molecular formula is C22H42O2. The molecule has 0 bridgehead atoms. The van der Waals surface area contributed by atoms with Gasteiger partial charge in [0.1, 0.15) is 0 Å². The number of carbonyl (C=O) groups excluding carboxylic acids is 1. The molecule has 1 fully saturated rings. The van der Waals surface area contributed by atoms with Crippen LogP contribution in [-0.4, -0.2) is 12.1 Å². The van der Waals surface area contributed by atoms with Crippen LogP contribution in [0.2, 0.25) is 0 Å². The Bertz CT molecular complexity index is 294. The third kappa shape index (κ3) is 11.9. The molecule has 142 valence electrons. The van der Waals surface area contributed by atoms with E-state index < -0.39 is 0 Å². The van der Waals surface area contributed by atoms with Gasteiger partial charge in [0.2, 0.25) is 0 Å². The highest BCUT2D eigenvalue weighted by molar-refractivity contribution is 5.69. The molecule has 0 heterocycles. The van der Waals surface area contributed by atoms with Gasteiger partial charge < -0.3 is 4.74 Å². The van der Waals surface area contributed by atoms with Gasteiger partial charge >= 0.3 is 5.97 Å². The second-order valence-corrected chi connectivity index (χ2v) is 7.96. The predicted octanol–water partition coefficient (Wildman–Crippen LogP) is 7.20. The maximum Gasteiger partial charge on any atom is 0.306 e. The van der Waals surface area contributed by atoms with Crippen LogP contribution >= 0.6 is 0 Å². The van der Waals surface area contributed by atoms with E-state index in [0.717, 1.165) is 18.8 Å². The van der Waals surface area contributed by atoms with E-state index in [2.05, 4.69) is 13.8 Å². The summed E-state index contributed by atoms with van der Waals surface area (Å²) in [7, 11) is 0. The third-order valence-corrected chi connectivity index (χ3v) is 5.53. The Kier molecular flexibility index (Phi) is 13.3. The molecule has 1 rings (SSSR count). The molecular weight excluding hydrogens is 296 g/mol. The van der Waals surface area contributed by atoms with E-state index in [4.69, 9.17) is 4.74 Å². The van der Waals surface area contributed by atoms with Crippen molar-refractivity contribution in [3.63, 3.8) is 0 Å². The molecule has 0 amide bonds. The standard InChI is InChI=1S/C22H42O2/c1-3-4-5-6-7-8-9-10-11-12-15-20(2)24-22(23)19-18-21-16-13-14-17-21/h20-21H,3-19H2,1-2H3. The summed E-state index contributed by atoms with van der Waals surface area (Å²) in [5.74, 6) is 0.816. The molecule has 0 N–H and O–H groups in total. The summed E-state index contributed by atoms with van der Waals surface area (Å²) in [4.78, 5) is 11.9. The van der Waals surface area contributed by atoms with Gasteiger partial charge in [-0.25, -0.2) is 0 Å². The van der Waals surface area contributed by atoms with Gasteiger partial charge in [0.05, 0.1) is 6.10 Å². The Hall–Kier alpha value is -0.530. The van der Waals surface area contributed by atoms with Gasteiger partial charge in [0, 0.05) is 6.42 Å². The van der Waals surface area contributed by atoms with Gasteiger partial charge in [-0.05, 0) is 32.1 Å². The van der Waals surface area contributed by atoms with E-state index in [1.165, 1.54) is 89.9 Å². The summed E-state index contributed by atoms with van der Waals surface area (Å²) < 4.78 is 5.55. The van der Waals surface area contributed by atoms with Gasteiger partial charge in [-0.1, -0.05) is 90.4 Å². The average Bonchev–Trinajstić information content (AvgIpc) is 3.08. The van der Waals surface area contributed by atoms with Crippen LogP contribution in [0.1, 0.15) is 123 Å². The van der Waals surface area contributed by atoms with E-state index in [-0.39, 0.29) is 12.1 Å². The van der Waals surface area contributed by atoms with Gasteiger partial charge in [0.15, 0.2) is 0 Å². The molecule has 1 saturated carbocycles. The molecule has 2 heteroatoms. The number of rotatable bonds is 15. The first-order valence-electron chi connectivity index (χ1n) is 10.9. The molecule has 1 unspecified atom stereocenters. The summed E-state index contributed by atoms with van der Waals surface area (Å²) in [5.41, 5.74) is 0. The Labute approximate surface area is 151 Å². The minimum atomic E-state index is 0.0291. The minimum Gasteiger partial charge on any atom is -0.463 e. The monoisotopic (exact) mass is 338 g/mol. The van der Waals surface area contributed by atoms with E-state index in [9.17, 15) is 4.79 Å². The molecule has 24 heavy (non-hydrogen) atoms. The second-order valence-electron chi connectivity index (χ2n) is 7.96. The Morgan fingerprint density at radius 3 is 2.04 bits per heavy atom. The molecule has 0 radical (unpaired) electrons. The van der Waals surface area contributed by atoms with Crippen molar-refractivity contribution in [1.29, 1.82) is 0 Å². The van der Waals surface area contributed by atoms with Crippen molar-refractivity contribution in [3.05, 3.63) is 0 Å². The van der Waals surface area contributed by atoms with Crippen molar-refractivity contribution >= 4 is 5.97 Å². The van der Waals surface area contributed by atoms with Crippen LogP contribution in [0, 0.1) is 5.92 Å². The first-order valence-corrected chi connectivity index (χ1v) is 10.9. The predicted molar refractivity (Wildman–Crippen MR) is 103 cm³/mol. The van der Waals surface area contributed by atoms with Crippen LogP contribution in [-0.2, 0) is 9.53 Å². The zero-order valence-electron chi connectivity index (χ0n) is 16.5. The normalized spacial score (nSPS) is 16.4. The van der Waals surface area contributed by atoms with Crippen molar-refractivity contribution in [3.8, 4) is 0 Å². The number of ether oxygens (including phenoxy) is 1. The van der Waals surface area contributed by atoms with E-state index in [1.54, 1.807) is 0 Å². The molecule has 0 aromatic carbocycles. The number of hydrogen-bond acceptors (Lipinski definition) is 2. The van der Waals surface area contributed by atoms with Crippen LogP contribution in [0.5, 0.6) is 0 Å². The smallest absolute Gasteiger partial charge is 0.306 e. The van der Waals surface area contributed by atoms with Crippen LogP contribution < -0.4 is 0 Å². The van der Waals surface area contributed by atoms with Gasteiger partial charge in [-0.15, -0.1) is 0 Å². The fourth-order valence-electron chi connectivity index (χ4n) is 3.88. The largest absolute Gasteiger partial charge is 0.463 e. The fraction of sp³-hybridized carbons (Fsp3) is 0.955. The first kappa shape index (κ1) is 21.5. The summed E-state index contributed by atoms with van der Waals surface area (Å²) in [6, 6.07) is 0. The zero-order valence-corrected chi connectivity index (χ0v) is 16.5. The molecule has 0 spiro atoms. The lowest BCUT2D eigenvalue weighted by Gasteiger charge is -2.14. The topological polar surface area (TPSA) is 26.3 Å². The van der Waals surface area contributed by atoms with Gasteiger partial charge in [0.25, 0.3) is 0 Å². The molecule has 1 atom stereocenters. The van der Waals surface area contributed by atoms with Gasteiger partial charge in [-0.2, -0.15) is 0 Å². The highest BCUT2D eigenvalue weighted by Crippen LogP contribution is 2.28. The average molecular weight is 339 g/mol. The van der Waals surface area contributed by atoms with Crippen LogP contribution in [0.25, 0.3) is 0 Å². The molecule has 0 aromatic heterocycles. The van der Waals surface area contributed by atoms with E-state index in [0.29, 0.717) is 6.42 Å². The van der Waals surface area contributed by atoms with Crippen LogP contribution in [0.15, 0.2) is 0 Å². The fourth-order valence-corrected chi connectivity index (χ4v) is 3.88. The van der Waals surface area contributed by atoms with Crippen molar-refractivity contribution in [2.24, 2.45) is 5.92 Å². The van der Waals surface area contributed by atoms with Crippen molar-refractivity contribution in [2.45, 2.75) is 129 Å². The lowest BCUT2D eigenvalue weighted by Crippen LogP contribution is -2.15.